The van der Waals surface area contributed by atoms with Crippen molar-refractivity contribution in [3.63, 3.8) is 0 Å². The number of piperidine rings is 1. The van der Waals surface area contributed by atoms with Gasteiger partial charge in [-0.2, -0.15) is 0 Å². The van der Waals surface area contributed by atoms with Crippen molar-refractivity contribution >= 4 is 11.8 Å². The Bertz CT molecular complexity index is 580. The Kier molecular flexibility index (Phi) is 6.46. The van der Waals surface area contributed by atoms with E-state index in [9.17, 15) is 9.59 Å². The van der Waals surface area contributed by atoms with E-state index in [0.717, 1.165) is 31.5 Å². The molecule has 0 unspecified atom stereocenters. The van der Waals surface area contributed by atoms with Gasteiger partial charge in [0.15, 0.2) is 11.5 Å². The Balaban J connectivity index is 1.79. The first kappa shape index (κ1) is 18.1. The van der Waals surface area contributed by atoms with Gasteiger partial charge in [0.1, 0.15) is 0 Å². The Morgan fingerprint density at radius 3 is 2.42 bits per heavy atom. The molecule has 1 aromatic rings. The fourth-order valence-electron chi connectivity index (χ4n) is 2.95. The van der Waals surface area contributed by atoms with Crippen LogP contribution in [0.25, 0.3) is 0 Å². The lowest BCUT2D eigenvalue weighted by molar-refractivity contribution is -0.130. The van der Waals surface area contributed by atoms with Gasteiger partial charge in [0.25, 0.3) is 0 Å². The molecular weight excluding hydrogens is 308 g/mol. The zero-order chi connectivity index (χ0) is 17.5. The Hall–Kier alpha value is -2.24. The zero-order valence-electron chi connectivity index (χ0n) is 14.6. The van der Waals surface area contributed by atoms with E-state index in [1.807, 2.05) is 17.0 Å². The molecule has 2 rings (SSSR count). The second-order valence-electron chi connectivity index (χ2n) is 6.12. The van der Waals surface area contributed by atoms with Crippen LogP contribution in [-0.4, -0.2) is 50.6 Å². The average Bonchev–Trinajstić information content (AvgIpc) is 2.60. The minimum atomic E-state index is -0.00350. The predicted octanol–water partition coefficient (Wildman–Crippen LogP) is 1.62. The van der Waals surface area contributed by atoms with Gasteiger partial charge in [-0.25, -0.2) is 0 Å². The third kappa shape index (κ3) is 4.88. The fourth-order valence-corrected chi connectivity index (χ4v) is 2.95. The van der Waals surface area contributed by atoms with Crippen molar-refractivity contribution in [2.24, 2.45) is 5.92 Å². The van der Waals surface area contributed by atoms with E-state index in [-0.39, 0.29) is 11.8 Å². The van der Waals surface area contributed by atoms with Crippen molar-refractivity contribution < 1.29 is 19.1 Å². The lowest BCUT2D eigenvalue weighted by Gasteiger charge is -2.31. The van der Waals surface area contributed by atoms with Crippen LogP contribution in [0.5, 0.6) is 11.5 Å². The third-order valence-corrected chi connectivity index (χ3v) is 4.46. The van der Waals surface area contributed by atoms with Crippen LogP contribution in [-0.2, 0) is 16.0 Å². The minimum Gasteiger partial charge on any atom is -0.493 e. The first-order valence-corrected chi connectivity index (χ1v) is 8.26. The number of carbonyl (C=O) groups is 2. The number of nitrogens with one attached hydrogen (secondary N) is 1. The van der Waals surface area contributed by atoms with Crippen LogP contribution in [0.4, 0.5) is 0 Å². The summed E-state index contributed by atoms with van der Waals surface area (Å²) in [4.78, 5) is 25.3. The van der Waals surface area contributed by atoms with Crippen molar-refractivity contribution in [1.29, 1.82) is 0 Å². The van der Waals surface area contributed by atoms with Crippen LogP contribution in [0.2, 0.25) is 0 Å². The van der Waals surface area contributed by atoms with Gasteiger partial charge in [-0.15, -0.1) is 0 Å². The maximum Gasteiger partial charge on any atom is 0.224 e. The summed E-state index contributed by atoms with van der Waals surface area (Å²) in [5, 5.41) is 3.00. The maximum absolute atomic E-state index is 12.1. The van der Waals surface area contributed by atoms with Gasteiger partial charge in [0.05, 0.1) is 20.6 Å². The van der Waals surface area contributed by atoms with Crippen molar-refractivity contribution in [1.82, 2.24) is 10.2 Å². The topological polar surface area (TPSA) is 67.9 Å². The molecule has 1 saturated heterocycles. The Labute approximate surface area is 143 Å². The molecule has 1 aliphatic heterocycles. The smallest absolute Gasteiger partial charge is 0.224 e. The summed E-state index contributed by atoms with van der Waals surface area (Å²) in [6.45, 7) is 3.83. The number of methoxy groups -OCH3 is 2. The predicted molar refractivity (Wildman–Crippen MR) is 91.2 cm³/mol. The summed E-state index contributed by atoms with van der Waals surface area (Å²) in [5.41, 5.74) is 0.886. The normalized spacial score (nSPS) is 15.0. The molecule has 132 valence electrons. The van der Waals surface area contributed by atoms with E-state index in [1.165, 1.54) is 0 Å². The molecule has 6 nitrogen and oxygen atoms in total. The minimum absolute atomic E-state index is 0.00350. The molecule has 0 spiro atoms. The van der Waals surface area contributed by atoms with Crippen LogP contribution in [0.1, 0.15) is 25.3 Å². The number of nitrogens with zero attached hydrogens (tertiary/aromatic N) is 1. The first-order chi connectivity index (χ1) is 11.5. The van der Waals surface area contributed by atoms with E-state index in [1.54, 1.807) is 27.2 Å². The number of benzene rings is 1. The molecule has 24 heavy (non-hydrogen) atoms. The molecule has 0 radical (unpaired) electrons. The lowest BCUT2D eigenvalue weighted by atomic mass is 9.96. The molecule has 0 aliphatic carbocycles. The number of hydrogen-bond donors (Lipinski definition) is 1. The summed E-state index contributed by atoms with van der Waals surface area (Å²) in [7, 11) is 3.16. The molecule has 1 N–H and O–H groups in total. The van der Waals surface area contributed by atoms with Gasteiger partial charge in [-0.3, -0.25) is 9.59 Å². The monoisotopic (exact) mass is 334 g/mol. The van der Waals surface area contributed by atoms with Crippen LogP contribution in [0.15, 0.2) is 18.2 Å². The molecule has 1 fully saturated rings. The first-order valence-electron chi connectivity index (χ1n) is 8.26. The van der Waals surface area contributed by atoms with Gasteiger partial charge < -0.3 is 19.7 Å². The Morgan fingerprint density at radius 1 is 1.17 bits per heavy atom. The number of amides is 2. The summed E-state index contributed by atoms with van der Waals surface area (Å²) in [5.74, 6) is 1.84. The molecule has 2 amide bonds. The van der Waals surface area contributed by atoms with Crippen molar-refractivity contribution in [2.45, 2.75) is 26.2 Å². The van der Waals surface area contributed by atoms with E-state index in [2.05, 4.69) is 5.32 Å². The maximum atomic E-state index is 12.1. The largest absolute Gasteiger partial charge is 0.493 e. The molecular formula is C18H26N2O4. The van der Waals surface area contributed by atoms with Crippen LogP contribution < -0.4 is 14.8 Å². The van der Waals surface area contributed by atoms with E-state index in [4.69, 9.17) is 9.47 Å². The van der Waals surface area contributed by atoms with Crippen molar-refractivity contribution in [3.05, 3.63) is 23.8 Å². The molecule has 0 atom stereocenters. The number of ether oxygens (including phenoxy) is 2. The van der Waals surface area contributed by atoms with E-state index in [0.29, 0.717) is 30.4 Å². The number of hydrogen-bond acceptors (Lipinski definition) is 4. The fraction of sp³-hybridized carbons (Fsp3) is 0.556. The SMILES string of the molecule is COc1ccc(CC(=O)NCC2CCN(C(C)=O)CC2)cc1OC. The number of likely N-dealkylation sites (tertiary alicyclic amines) is 1. The van der Waals surface area contributed by atoms with Gasteiger partial charge >= 0.3 is 0 Å². The van der Waals surface area contributed by atoms with Gasteiger partial charge in [-0.1, -0.05) is 6.07 Å². The van der Waals surface area contributed by atoms with Crippen molar-refractivity contribution in [3.8, 4) is 11.5 Å². The highest BCUT2D eigenvalue weighted by Gasteiger charge is 2.21. The Morgan fingerprint density at radius 2 is 1.83 bits per heavy atom. The van der Waals surface area contributed by atoms with Crippen LogP contribution >= 0.6 is 0 Å². The second-order valence-corrected chi connectivity index (χ2v) is 6.12. The molecule has 0 aromatic heterocycles. The zero-order valence-corrected chi connectivity index (χ0v) is 14.6. The highest BCUT2D eigenvalue weighted by atomic mass is 16.5. The van der Waals surface area contributed by atoms with Gasteiger partial charge in [0.2, 0.25) is 11.8 Å². The summed E-state index contributed by atoms with van der Waals surface area (Å²) in [6, 6.07) is 5.50. The third-order valence-electron chi connectivity index (χ3n) is 4.46. The average molecular weight is 334 g/mol. The highest BCUT2D eigenvalue weighted by Crippen LogP contribution is 2.27. The standard InChI is InChI=1S/C18H26N2O4/c1-13(21)20-8-6-14(7-9-20)12-19-18(22)11-15-4-5-16(23-2)17(10-15)24-3/h4-5,10,14H,6-9,11-12H2,1-3H3,(H,19,22). The molecule has 6 heteroatoms. The second kappa shape index (κ2) is 8.57. The molecule has 1 aromatic carbocycles. The molecule has 0 bridgehead atoms. The highest BCUT2D eigenvalue weighted by molar-refractivity contribution is 5.78. The molecule has 1 aliphatic rings. The molecule has 0 saturated carbocycles. The van der Waals surface area contributed by atoms with E-state index >= 15 is 0 Å². The van der Waals surface area contributed by atoms with E-state index < -0.39 is 0 Å². The summed E-state index contributed by atoms with van der Waals surface area (Å²) in [6.07, 6.45) is 2.19. The number of carbonyl (C=O) groups excluding carboxylic acids is 2. The quantitative estimate of drug-likeness (QED) is 0.858. The number of rotatable bonds is 6. The lowest BCUT2D eigenvalue weighted by Crippen LogP contribution is -2.40. The van der Waals surface area contributed by atoms with Crippen molar-refractivity contribution in [2.75, 3.05) is 33.9 Å². The van der Waals surface area contributed by atoms with Crippen LogP contribution in [0, 0.1) is 5.92 Å². The van der Waals surface area contributed by atoms with Gasteiger partial charge in [-0.05, 0) is 36.5 Å². The van der Waals surface area contributed by atoms with Crippen LogP contribution in [0.3, 0.4) is 0 Å². The summed E-state index contributed by atoms with van der Waals surface area (Å²) >= 11 is 0. The van der Waals surface area contributed by atoms with Gasteiger partial charge in [0, 0.05) is 26.6 Å². The molecule has 1 heterocycles. The summed E-state index contributed by atoms with van der Waals surface area (Å²) < 4.78 is 10.4.